The van der Waals surface area contributed by atoms with Crippen LogP contribution in [0.4, 0.5) is 0 Å². The summed E-state index contributed by atoms with van der Waals surface area (Å²) >= 11 is 6.03. The molecule has 7 nitrogen and oxygen atoms in total. The summed E-state index contributed by atoms with van der Waals surface area (Å²) < 4.78 is 7.58. The summed E-state index contributed by atoms with van der Waals surface area (Å²) in [5.74, 6) is -0.344. The Hall–Kier alpha value is -2.93. The van der Waals surface area contributed by atoms with Gasteiger partial charge in [0.05, 0.1) is 24.1 Å². The van der Waals surface area contributed by atoms with Gasteiger partial charge >= 0.3 is 11.7 Å². The van der Waals surface area contributed by atoms with Gasteiger partial charge in [-0.3, -0.25) is 13.9 Å². The lowest BCUT2D eigenvalue weighted by Gasteiger charge is -2.14. The summed E-state index contributed by atoms with van der Waals surface area (Å²) in [6.07, 6.45) is 1.95. The SMILES string of the molecule is CCOC(=O)c1cc(C2CC2)nc2c1c(=O)n(Cc1cccc(Cl)c1)c(=O)n2C. The fourth-order valence-corrected chi connectivity index (χ4v) is 3.63. The molecule has 2 aromatic heterocycles. The van der Waals surface area contributed by atoms with Gasteiger partial charge in [0.1, 0.15) is 5.65 Å². The smallest absolute Gasteiger partial charge is 0.339 e. The summed E-state index contributed by atoms with van der Waals surface area (Å²) in [5.41, 5.74) is 0.700. The normalized spacial score (nSPS) is 13.6. The molecule has 0 bridgehead atoms. The standard InChI is InChI=1S/C21H20ClN3O4/c1-3-29-20(27)15-10-16(13-7-8-13)23-18-17(15)19(26)25(21(28)24(18)2)11-12-5-4-6-14(22)9-12/h4-6,9-10,13H,3,7-8,11H2,1-2H3. The Kier molecular flexibility index (Phi) is 5.00. The van der Waals surface area contributed by atoms with Crippen LogP contribution in [0.5, 0.6) is 0 Å². The van der Waals surface area contributed by atoms with Crippen molar-refractivity contribution >= 4 is 28.6 Å². The maximum absolute atomic E-state index is 13.3. The lowest BCUT2D eigenvalue weighted by atomic mass is 10.1. The van der Waals surface area contributed by atoms with Gasteiger partial charge < -0.3 is 4.74 Å². The second-order valence-electron chi connectivity index (χ2n) is 7.15. The lowest BCUT2D eigenvalue weighted by molar-refractivity contribution is 0.0528. The van der Waals surface area contributed by atoms with Crippen molar-refractivity contribution in [3.63, 3.8) is 0 Å². The molecule has 0 radical (unpaired) electrons. The van der Waals surface area contributed by atoms with E-state index in [4.69, 9.17) is 16.3 Å². The maximum atomic E-state index is 13.3. The summed E-state index contributed by atoms with van der Waals surface area (Å²) in [4.78, 5) is 43.4. The van der Waals surface area contributed by atoms with E-state index in [9.17, 15) is 14.4 Å². The van der Waals surface area contributed by atoms with Crippen LogP contribution in [0, 0.1) is 0 Å². The Balaban J connectivity index is 1.98. The molecular weight excluding hydrogens is 394 g/mol. The lowest BCUT2D eigenvalue weighted by Crippen LogP contribution is -2.40. The Morgan fingerprint density at radius 2 is 2.03 bits per heavy atom. The highest BCUT2D eigenvalue weighted by Gasteiger charge is 2.29. The van der Waals surface area contributed by atoms with E-state index in [1.165, 1.54) is 4.57 Å². The minimum Gasteiger partial charge on any atom is -0.462 e. The van der Waals surface area contributed by atoms with Gasteiger partial charge in [0.2, 0.25) is 0 Å². The highest BCUT2D eigenvalue weighted by atomic mass is 35.5. The number of fused-ring (bicyclic) bond motifs is 1. The number of hydrogen-bond donors (Lipinski definition) is 0. The number of nitrogens with zero attached hydrogens (tertiary/aromatic N) is 3. The van der Waals surface area contributed by atoms with Crippen molar-refractivity contribution < 1.29 is 9.53 Å². The average molecular weight is 414 g/mol. The number of carbonyl (C=O) groups excluding carboxylic acids is 1. The van der Waals surface area contributed by atoms with Crippen LogP contribution in [0.25, 0.3) is 11.0 Å². The maximum Gasteiger partial charge on any atom is 0.339 e. The molecule has 1 saturated carbocycles. The first-order chi connectivity index (χ1) is 13.9. The fourth-order valence-electron chi connectivity index (χ4n) is 3.41. The van der Waals surface area contributed by atoms with Crippen molar-refractivity contribution in [3.05, 3.63) is 73.0 Å². The van der Waals surface area contributed by atoms with E-state index >= 15 is 0 Å². The number of halogens is 1. The minimum atomic E-state index is -0.591. The zero-order valence-corrected chi connectivity index (χ0v) is 16.9. The van der Waals surface area contributed by atoms with Crippen molar-refractivity contribution in [2.24, 2.45) is 7.05 Å². The third-order valence-electron chi connectivity index (χ3n) is 5.04. The molecule has 0 atom stereocenters. The average Bonchev–Trinajstić information content (AvgIpc) is 3.54. The number of benzene rings is 1. The predicted octanol–water partition coefficient (Wildman–Crippen LogP) is 2.85. The molecule has 4 rings (SSSR count). The van der Waals surface area contributed by atoms with Gasteiger partial charge in [-0.2, -0.15) is 0 Å². The van der Waals surface area contributed by atoms with E-state index in [1.54, 1.807) is 44.3 Å². The van der Waals surface area contributed by atoms with E-state index in [2.05, 4.69) is 4.98 Å². The van der Waals surface area contributed by atoms with Crippen molar-refractivity contribution in [1.29, 1.82) is 0 Å². The number of pyridine rings is 1. The molecule has 8 heteroatoms. The highest BCUT2D eigenvalue weighted by Crippen LogP contribution is 2.39. The number of aromatic nitrogens is 3. The molecule has 1 fully saturated rings. The van der Waals surface area contributed by atoms with Crippen molar-refractivity contribution in [2.45, 2.75) is 32.2 Å². The molecule has 0 spiro atoms. The van der Waals surface area contributed by atoms with Crippen LogP contribution in [0.3, 0.4) is 0 Å². The molecule has 3 aromatic rings. The van der Waals surface area contributed by atoms with E-state index in [0.29, 0.717) is 16.3 Å². The molecule has 0 amide bonds. The van der Waals surface area contributed by atoms with Gasteiger partial charge in [-0.05, 0) is 43.5 Å². The topological polar surface area (TPSA) is 83.2 Å². The van der Waals surface area contributed by atoms with Crippen LogP contribution in [0.2, 0.25) is 5.02 Å². The van der Waals surface area contributed by atoms with Gasteiger partial charge in [-0.1, -0.05) is 23.7 Å². The van der Waals surface area contributed by atoms with Crippen molar-refractivity contribution in [2.75, 3.05) is 6.61 Å². The second-order valence-corrected chi connectivity index (χ2v) is 7.59. The number of rotatable bonds is 5. The molecule has 1 aromatic carbocycles. The number of carbonyl (C=O) groups is 1. The van der Waals surface area contributed by atoms with Crippen LogP contribution in [0.15, 0.2) is 39.9 Å². The van der Waals surface area contributed by atoms with Gasteiger partial charge in [-0.25, -0.2) is 14.6 Å². The van der Waals surface area contributed by atoms with Gasteiger partial charge in [0.25, 0.3) is 5.56 Å². The summed E-state index contributed by atoms with van der Waals surface area (Å²) in [5, 5.41) is 0.605. The summed E-state index contributed by atoms with van der Waals surface area (Å²) in [6.45, 7) is 1.93. The zero-order chi connectivity index (χ0) is 20.7. The van der Waals surface area contributed by atoms with E-state index in [1.807, 2.05) is 0 Å². The number of aryl methyl sites for hydroxylation is 1. The fraction of sp³-hybridized carbons (Fsp3) is 0.333. The van der Waals surface area contributed by atoms with Gasteiger partial charge in [-0.15, -0.1) is 0 Å². The summed E-state index contributed by atoms with van der Waals surface area (Å²) in [6, 6.07) is 8.57. The van der Waals surface area contributed by atoms with Crippen molar-refractivity contribution in [3.8, 4) is 0 Å². The second kappa shape index (κ2) is 7.48. The highest BCUT2D eigenvalue weighted by molar-refractivity contribution is 6.30. The summed E-state index contributed by atoms with van der Waals surface area (Å²) in [7, 11) is 1.55. The monoisotopic (exact) mass is 413 g/mol. The third-order valence-corrected chi connectivity index (χ3v) is 5.27. The van der Waals surface area contributed by atoms with E-state index in [-0.39, 0.29) is 35.7 Å². The van der Waals surface area contributed by atoms with Crippen LogP contribution in [-0.4, -0.2) is 26.7 Å². The van der Waals surface area contributed by atoms with Crippen LogP contribution in [0.1, 0.15) is 47.3 Å². The van der Waals surface area contributed by atoms with Crippen LogP contribution < -0.4 is 11.2 Å². The molecular formula is C21H20ClN3O4. The van der Waals surface area contributed by atoms with E-state index in [0.717, 1.165) is 17.4 Å². The zero-order valence-electron chi connectivity index (χ0n) is 16.1. The molecule has 2 heterocycles. The van der Waals surface area contributed by atoms with Crippen LogP contribution in [-0.2, 0) is 18.3 Å². The first-order valence-electron chi connectivity index (χ1n) is 9.46. The molecule has 1 aliphatic carbocycles. The molecule has 0 aliphatic heterocycles. The Morgan fingerprint density at radius 3 is 2.69 bits per heavy atom. The molecule has 1 aliphatic rings. The third kappa shape index (κ3) is 3.58. The predicted molar refractivity (Wildman–Crippen MR) is 110 cm³/mol. The first kappa shape index (κ1) is 19.4. The quantitative estimate of drug-likeness (QED) is 0.600. The van der Waals surface area contributed by atoms with Crippen LogP contribution >= 0.6 is 11.6 Å². The number of ether oxygens (including phenoxy) is 1. The van der Waals surface area contributed by atoms with Crippen molar-refractivity contribution in [1.82, 2.24) is 14.1 Å². The molecule has 0 N–H and O–H groups in total. The first-order valence-corrected chi connectivity index (χ1v) is 9.84. The molecule has 29 heavy (non-hydrogen) atoms. The Bertz CT molecular complexity index is 1240. The largest absolute Gasteiger partial charge is 0.462 e. The van der Waals surface area contributed by atoms with E-state index < -0.39 is 17.2 Å². The number of hydrogen-bond acceptors (Lipinski definition) is 5. The Morgan fingerprint density at radius 1 is 1.28 bits per heavy atom. The number of esters is 1. The Labute approximate surface area is 171 Å². The minimum absolute atomic E-state index is 0.0364. The molecule has 0 unspecified atom stereocenters. The molecule has 0 saturated heterocycles. The molecule has 150 valence electrons. The van der Waals surface area contributed by atoms with Gasteiger partial charge in [0.15, 0.2) is 0 Å². The van der Waals surface area contributed by atoms with Gasteiger partial charge in [0, 0.05) is 23.7 Å².